The lowest BCUT2D eigenvalue weighted by Gasteiger charge is -2.25. The molecule has 2 nitrogen and oxygen atoms in total. The van der Waals surface area contributed by atoms with Crippen molar-refractivity contribution in [1.29, 1.82) is 0 Å². The highest BCUT2D eigenvalue weighted by Crippen LogP contribution is 2.34. The molecule has 0 aliphatic rings. The van der Waals surface area contributed by atoms with Gasteiger partial charge < -0.3 is 10.6 Å². The van der Waals surface area contributed by atoms with Gasteiger partial charge in [-0.3, -0.25) is 0 Å². The lowest BCUT2D eigenvalue weighted by atomic mass is 9.99. The fourth-order valence-corrected chi connectivity index (χ4v) is 3.23. The van der Waals surface area contributed by atoms with Crippen molar-refractivity contribution in [2.24, 2.45) is 5.73 Å². The minimum Gasteiger partial charge on any atom is -0.328 e. The summed E-state index contributed by atoms with van der Waals surface area (Å²) in [4.78, 5) is 2.26. The molecular formula is C14H20N2S. The van der Waals surface area contributed by atoms with Crippen LogP contribution in [0, 0.1) is 0 Å². The van der Waals surface area contributed by atoms with Gasteiger partial charge in [-0.2, -0.15) is 0 Å². The first-order valence-corrected chi connectivity index (χ1v) is 6.85. The van der Waals surface area contributed by atoms with Crippen molar-refractivity contribution in [3.05, 3.63) is 35.2 Å². The van der Waals surface area contributed by atoms with Crippen LogP contribution >= 0.6 is 11.3 Å². The minimum atomic E-state index is 0.223. The molecule has 0 bridgehead atoms. The molecule has 1 heterocycles. The Balaban J connectivity index is 2.41. The first-order chi connectivity index (χ1) is 8.09. The second-order valence-corrected chi connectivity index (χ2v) is 5.79. The topological polar surface area (TPSA) is 29.3 Å². The molecule has 0 fully saturated rings. The van der Waals surface area contributed by atoms with Gasteiger partial charge in [0.2, 0.25) is 0 Å². The average molecular weight is 248 g/mol. The average Bonchev–Trinajstić information content (AvgIpc) is 2.69. The van der Waals surface area contributed by atoms with Crippen LogP contribution in [-0.2, 0) is 0 Å². The largest absolute Gasteiger partial charge is 0.328 e. The van der Waals surface area contributed by atoms with Gasteiger partial charge in [0.15, 0.2) is 0 Å². The van der Waals surface area contributed by atoms with E-state index in [0.29, 0.717) is 6.04 Å². The van der Waals surface area contributed by atoms with Crippen molar-refractivity contribution in [2.45, 2.75) is 25.4 Å². The summed E-state index contributed by atoms with van der Waals surface area (Å²) in [5.41, 5.74) is 7.37. The standard InChI is InChI=1S/C14H20N2S/c1-10(15)8-13(16(2)3)12-9-17-14-7-5-4-6-11(12)14/h4-7,9-10,13H,8,15H2,1-3H3. The summed E-state index contributed by atoms with van der Waals surface area (Å²) in [6, 6.07) is 9.23. The first kappa shape index (κ1) is 12.6. The van der Waals surface area contributed by atoms with Crippen LogP contribution in [0.2, 0.25) is 0 Å². The molecule has 0 aliphatic heterocycles. The van der Waals surface area contributed by atoms with Gasteiger partial charge in [0, 0.05) is 16.8 Å². The fraction of sp³-hybridized carbons (Fsp3) is 0.429. The van der Waals surface area contributed by atoms with Crippen molar-refractivity contribution < 1.29 is 0 Å². The van der Waals surface area contributed by atoms with Crippen molar-refractivity contribution in [2.75, 3.05) is 14.1 Å². The van der Waals surface area contributed by atoms with Crippen molar-refractivity contribution >= 4 is 21.4 Å². The van der Waals surface area contributed by atoms with E-state index in [1.54, 1.807) is 0 Å². The summed E-state index contributed by atoms with van der Waals surface area (Å²) in [5, 5.41) is 3.65. The summed E-state index contributed by atoms with van der Waals surface area (Å²) in [5.74, 6) is 0. The number of fused-ring (bicyclic) bond motifs is 1. The minimum absolute atomic E-state index is 0.223. The maximum absolute atomic E-state index is 5.96. The van der Waals surface area contributed by atoms with Crippen LogP contribution in [0.1, 0.15) is 24.9 Å². The van der Waals surface area contributed by atoms with Gasteiger partial charge in [-0.1, -0.05) is 18.2 Å². The van der Waals surface area contributed by atoms with Gasteiger partial charge in [-0.25, -0.2) is 0 Å². The number of benzene rings is 1. The Kier molecular flexibility index (Phi) is 3.82. The number of nitrogens with zero attached hydrogens (tertiary/aromatic N) is 1. The van der Waals surface area contributed by atoms with Gasteiger partial charge in [0.05, 0.1) is 0 Å². The van der Waals surface area contributed by atoms with Gasteiger partial charge in [-0.15, -0.1) is 11.3 Å². The van der Waals surface area contributed by atoms with E-state index >= 15 is 0 Å². The number of thiophene rings is 1. The number of hydrogen-bond acceptors (Lipinski definition) is 3. The molecule has 0 radical (unpaired) electrons. The van der Waals surface area contributed by atoms with E-state index in [-0.39, 0.29) is 6.04 Å². The zero-order valence-corrected chi connectivity index (χ0v) is 11.5. The van der Waals surface area contributed by atoms with Crippen molar-refractivity contribution in [3.63, 3.8) is 0 Å². The summed E-state index contributed by atoms with van der Waals surface area (Å²) < 4.78 is 1.36. The Labute approximate surface area is 107 Å². The van der Waals surface area contributed by atoms with E-state index in [9.17, 15) is 0 Å². The molecule has 2 N–H and O–H groups in total. The summed E-state index contributed by atoms with van der Waals surface area (Å²) in [7, 11) is 4.25. The van der Waals surface area contributed by atoms with Gasteiger partial charge in [0.1, 0.15) is 0 Å². The van der Waals surface area contributed by atoms with E-state index in [1.165, 1.54) is 15.6 Å². The molecule has 92 valence electrons. The van der Waals surface area contributed by atoms with Gasteiger partial charge >= 0.3 is 0 Å². The maximum atomic E-state index is 5.96. The third-order valence-electron chi connectivity index (χ3n) is 3.09. The molecule has 0 aliphatic carbocycles. The van der Waals surface area contributed by atoms with E-state index in [0.717, 1.165) is 6.42 Å². The monoisotopic (exact) mass is 248 g/mol. The van der Waals surface area contributed by atoms with Crippen LogP contribution < -0.4 is 5.73 Å². The maximum Gasteiger partial charge on any atom is 0.0371 e. The number of hydrogen-bond donors (Lipinski definition) is 1. The predicted octanol–water partition coefficient (Wildman–Crippen LogP) is 3.24. The Morgan fingerprint density at radius 1 is 1.29 bits per heavy atom. The molecular weight excluding hydrogens is 228 g/mol. The summed E-state index contributed by atoms with van der Waals surface area (Å²) >= 11 is 1.82. The van der Waals surface area contributed by atoms with Crippen LogP contribution in [-0.4, -0.2) is 25.0 Å². The Hall–Kier alpha value is -0.900. The van der Waals surface area contributed by atoms with Crippen molar-refractivity contribution in [1.82, 2.24) is 4.90 Å². The highest BCUT2D eigenvalue weighted by atomic mass is 32.1. The van der Waals surface area contributed by atoms with Crippen LogP contribution in [0.4, 0.5) is 0 Å². The molecule has 2 unspecified atom stereocenters. The molecule has 0 spiro atoms. The molecule has 0 saturated carbocycles. The van der Waals surface area contributed by atoms with Crippen LogP contribution in [0.15, 0.2) is 29.6 Å². The van der Waals surface area contributed by atoms with E-state index in [1.807, 2.05) is 11.3 Å². The Bertz CT molecular complexity index is 488. The highest BCUT2D eigenvalue weighted by molar-refractivity contribution is 7.17. The SMILES string of the molecule is CC(N)CC(c1csc2ccccc12)N(C)C. The zero-order valence-electron chi connectivity index (χ0n) is 10.7. The first-order valence-electron chi connectivity index (χ1n) is 5.97. The van der Waals surface area contributed by atoms with Gasteiger partial charge in [-0.05, 0) is 49.8 Å². The molecule has 0 saturated heterocycles. The molecule has 0 amide bonds. The van der Waals surface area contributed by atoms with Crippen LogP contribution in [0.3, 0.4) is 0 Å². The van der Waals surface area contributed by atoms with E-state index < -0.39 is 0 Å². The van der Waals surface area contributed by atoms with Crippen LogP contribution in [0.25, 0.3) is 10.1 Å². The molecule has 2 atom stereocenters. The Morgan fingerprint density at radius 2 is 2.00 bits per heavy atom. The summed E-state index contributed by atoms with van der Waals surface area (Å²) in [6.07, 6.45) is 0.994. The smallest absolute Gasteiger partial charge is 0.0371 e. The van der Waals surface area contributed by atoms with Gasteiger partial charge in [0.25, 0.3) is 0 Å². The molecule has 1 aromatic heterocycles. The molecule has 1 aromatic carbocycles. The zero-order chi connectivity index (χ0) is 12.4. The highest BCUT2D eigenvalue weighted by Gasteiger charge is 2.19. The third kappa shape index (κ3) is 2.68. The number of nitrogens with two attached hydrogens (primary N) is 1. The van der Waals surface area contributed by atoms with E-state index in [2.05, 4.69) is 55.6 Å². The van der Waals surface area contributed by atoms with Crippen LogP contribution in [0.5, 0.6) is 0 Å². The molecule has 2 rings (SSSR count). The molecule has 17 heavy (non-hydrogen) atoms. The molecule has 2 aromatic rings. The second-order valence-electron chi connectivity index (χ2n) is 4.88. The lowest BCUT2D eigenvalue weighted by Crippen LogP contribution is -2.27. The summed E-state index contributed by atoms with van der Waals surface area (Å²) in [6.45, 7) is 2.07. The van der Waals surface area contributed by atoms with Crippen molar-refractivity contribution in [3.8, 4) is 0 Å². The molecule has 3 heteroatoms. The third-order valence-corrected chi connectivity index (χ3v) is 4.07. The fourth-order valence-electron chi connectivity index (χ4n) is 2.22. The Morgan fingerprint density at radius 3 is 2.65 bits per heavy atom. The number of rotatable bonds is 4. The normalized spacial score (nSPS) is 15.4. The second kappa shape index (κ2) is 5.17. The predicted molar refractivity (Wildman–Crippen MR) is 76.5 cm³/mol. The quantitative estimate of drug-likeness (QED) is 0.900. The van der Waals surface area contributed by atoms with E-state index in [4.69, 9.17) is 5.73 Å². The lowest BCUT2D eigenvalue weighted by molar-refractivity contribution is 0.274.